The summed E-state index contributed by atoms with van der Waals surface area (Å²) >= 11 is 0. The molecule has 0 aliphatic rings. The smallest absolute Gasteiger partial charge is 0.330 e. The zero-order chi connectivity index (χ0) is 15.2. The maximum atomic E-state index is 12.0. The molecule has 20 heavy (non-hydrogen) atoms. The number of carbonyl (C=O) groups excluding carboxylic acids is 1. The van der Waals surface area contributed by atoms with Crippen LogP contribution in [0.4, 0.5) is 0 Å². The number of ether oxygens (including phenoxy) is 3. The van der Waals surface area contributed by atoms with Crippen molar-refractivity contribution >= 4 is 5.97 Å². The highest BCUT2D eigenvalue weighted by Gasteiger charge is 2.35. The lowest BCUT2D eigenvalue weighted by Gasteiger charge is -2.25. The summed E-state index contributed by atoms with van der Waals surface area (Å²) in [7, 11) is 0. The van der Waals surface area contributed by atoms with E-state index >= 15 is 0 Å². The maximum absolute atomic E-state index is 12.0. The molecule has 0 amide bonds. The Morgan fingerprint density at radius 3 is 2.35 bits per heavy atom. The van der Waals surface area contributed by atoms with Gasteiger partial charge in [-0.25, -0.2) is 4.79 Å². The van der Waals surface area contributed by atoms with Crippen LogP contribution >= 0.6 is 0 Å². The van der Waals surface area contributed by atoms with Crippen LogP contribution in [0.15, 0.2) is 18.2 Å². The SMILES string of the molecule is CCOC(=O)C(C)(N)c1ccc(OCC)cc1OCC. The third kappa shape index (κ3) is 3.63. The lowest BCUT2D eigenvalue weighted by Crippen LogP contribution is -2.43. The highest BCUT2D eigenvalue weighted by atomic mass is 16.5. The number of rotatable bonds is 7. The number of esters is 1. The van der Waals surface area contributed by atoms with E-state index < -0.39 is 11.5 Å². The van der Waals surface area contributed by atoms with Crippen LogP contribution in [-0.2, 0) is 15.1 Å². The predicted molar refractivity (Wildman–Crippen MR) is 77.0 cm³/mol. The van der Waals surface area contributed by atoms with Gasteiger partial charge in [0.1, 0.15) is 17.0 Å². The molecule has 1 atom stereocenters. The topological polar surface area (TPSA) is 70.8 Å². The van der Waals surface area contributed by atoms with Crippen LogP contribution in [0.5, 0.6) is 11.5 Å². The molecular weight excluding hydrogens is 258 g/mol. The first-order valence-electron chi connectivity index (χ1n) is 6.83. The average molecular weight is 281 g/mol. The van der Waals surface area contributed by atoms with E-state index in [-0.39, 0.29) is 6.61 Å². The Morgan fingerprint density at radius 1 is 1.15 bits per heavy atom. The van der Waals surface area contributed by atoms with E-state index in [0.717, 1.165) is 0 Å². The van der Waals surface area contributed by atoms with Crippen molar-refractivity contribution in [1.29, 1.82) is 0 Å². The van der Waals surface area contributed by atoms with Gasteiger partial charge >= 0.3 is 5.97 Å². The normalized spacial score (nSPS) is 13.4. The molecule has 0 saturated carbocycles. The number of carbonyl (C=O) groups is 1. The number of hydrogen-bond donors (Lipinski definition) is 1. The molecule has 0 spiro atoms. The van der Waals surface area contributed by atoms with Crippen LogP contribution in [0.25, 0.3) is 0 Å². The van der Waals surface area contributed by atoms with Crippen molar-refractivity contribution in [3.63, 3.8) is 0 Å². The van der Waals surface area contributed by atoms with Gasteiger partial charge in [0.15, 0.2) is 0 Å². The van der Waals surface area contributed by atoms with Crippen LogP contribution in [0, 0.1) is 0 Å². The van der Waals surface area contributed by atoms with Gasteiger partial charge in [0.05, 0.1) is 19.8 Å². The van der Waals surface area contributed by atoms with E-state index in [0.29, 0.717) is 30.3 Å². The molecule has 5 nitrogen and oxygen atoms in total. The van der Waals surface area contributed by atoms with Gasteiger partial charge in [0.2, 0.25) is 0 Å². The standard InChI is InChI=1S/C15H23NO4/c1-5-18-11-8-9-12(13(10-11)19-6-2)15(4,16)14(17)20-7-3/h8-10H,5-7,16H2,1-4H3. The lowest BCUT2D eigenvalue weighted by molar-refractivity contribution is -0.149. The largest absolute Gasteiger partial charge is 0.494 e. The summed E-state index contributed by atoms with van der Waals surface area (Å²) in [5.41, 5.74) is 5.45. The first kappa shape index (κ1) is 16.3. The molecule has 1 rings (SSSR count). The van der Waals surface area contributed by atoms with Crippen molar-refractivity contribution in [2.24, 2.45) is 5.73 Å². The van der Waals surface area contributed by atoms with E-state index in [9.17, 15) is 4.79 Å². The van der Waals surface area contributed by atoms with E-state index in [2.05, 4.69) is 0 Å². The molecule has 112 valence electrons. The van der Waals surface area contributed by atoms with Crippen LogP contribution < -0.4 is 15.2 Å². The summed E-state index contributed by atoms with van der Waals surface area (Å²) < 4.78 is 16.0. The number of nitrogens with two attached hydrogens (primary N) is 1. The maximum Gasteiger partial charge on any atom is 0.330 e. The van der Waals surface area contributed by atoms with E-state index in [1.54, 1.807) is 32.0 Å². The molecule has 0 aliphatic carbocycles. The minimum Gasteiger partial charge on any atom is -0.494 e. The molecule has 1 aromatic carbocycles. The lowest BCUT2D eigenvalue weighted by atomic mass is 9.92. The van der Waals surface area contributed by atoms with Crippen molar-refractivity contribution in [3.05, 3.63) is 23.8 Å². The molecule has 1 aromatic rings. The summed E-state index contributed by atoms with van der Waals surface area (Å²) in [5.74, 6) is 0.737. The van der Waals surface area contributed by atoms with Crippen molar-refractivity contribution in [3.8, 4) is 11.5 Å². The summed E-state index contributed by atoms with van der Waals surface area (Å²) in [6, 6.07) is 5.26. The van der Waals surface area contributed by atoms with E-state index in [1.165, 1.54) is 0 Å². The molecule has 0 aromatic heterocycles. The van der Waals surface area contributed by atoms with Crippen LogP contribution in [0.2, 0.25) is 0 Å². The Kier molecular flexibility index (Phi) is 5.82. The summed E-state index contributed by atoms with van der Waals surface area (Å²) in [4.78, 5) is 12.0. The molecule has 0 fully saturated rings. The third-order valence-corrected chi connectivity index (χ3v) is 2.82. The molecule has 0 aliphatic heterocycles. The second-order valence-corrected chi connectivity index (χ2v) is 4.45. The Morgan fingerprint density at radius 2 is 1.80 bits per heavy atom. The third-order valence-electron chi connectivity index (χ3n) is 2.82. The molecule has 0 bridgehead atoms. The molecule has 0 saturated heterocycles. The highest BCUT2D eigenvalue weighted by Crippen LogP contribution is 2.32. The highest BCUT2D eigenvalue weighted by molar-refractivity contribution is 5.83. The van der Waals surface area contributed by atoms with Gasteiger partial charge in [0.25, 0.3) is 0 Å². The monoisotopic (exact) mass is 281 g/mol. The minimum absolute atomic E-state index is 0.284. The van der Waals surface area contributed by atoms with Crippen LogP contribution in [0.3, 0.4) is 0 Å². The fraction of sp³-hybridized carbons (Fsp3) is 0.533. The van der Waals surface area contributed by atoms with E-state index in [4.69, 9.17) is 19.9 Å². The first-order valence-corrected chi connectivity index (χ1v) is 6.83. The van der Waals surface area contributed by atoms with E-state index in [1.807, 2.05) is 13.8 Å². The molecule has 5 heteroatoms. The number of hydrogen-bond acceptors (Lipinski definition) is 5. The second kappa shape index (κ2) is 7.14. The van der Waals surface area contributed by atoms with Crippen LogP contribution in [0.1, 0.15) is 33.3 Å². The van der Waals surface area contributed by atoms with Gasteiger partial charge < -0.3 is 19.9 Å². The Balaban J connectivity index is 3.17. The first-order chi connectivity index (χ1) is 9.47. The zero-order valence-corrected chi connectivity index (χ0v) is 12.6. The summed E-state index contributed by atoms with van der Waals surface area (Å²) in [6.45, 7) is 8.45. The van der Waals surface area contributed by atoms with Crippen LogP contribution in [-0.4, -0.2) is 25.8 Å². The summed E-state index contributed by atoms with van der Waals surface area (Å²) in [6.07, 6.45) is 0. The van der Waals surface area contributed by atoms with Gasteiger partial charge in [-0.05, 0) is 39.8 Å². The quantitative estimate of drug-likeness (QED) is 0.776. The second-order valence-electron chi connectivity index (χ2n) is 4.45. The number of benzene rings is 1. The van der Waals surface area contributed by atoms with Gasteiger partial charge in [-0.15, -0.1) is 0 Å². The fourth-order valence-electron chi connectivity index (χ4n) is 1.85. The van der Waals surface area contributed by atoms with Gasteiger partial charge in [-0.1, -0.05) is 0 Å². The predicted octanol–water partition coefficient (Wildman–Crippen LogP) is 2.22. The molecule has 0 radical (unpaired) electrons. The summed E-state index contributed by atoms with van der Waals surface area (Å²) in [5, 5.41) is 0. The van der Waals surface area contributed by atoms with Crippen molar-refractivity contribution in [2.75, 3.05) is 19.8 Å². The Hall–Kier alpha value is -1.75. The van der Waals surface area contributed by atoms with Crippen molar-refractivity contribution in [2.45, 2.75) is 33.2 Å². The average Bonchev–Trinajstić information content (AvgIpc) is 2.40. The Bertz CT molecular complexity index is 457. The van der Waals surface area contributed by atoms with Gasteiger partial charge in [-0.2, -0.15) is 0 Å². The fourth-order valence-corrected chi connectivity index (χ4v) is 1.85. The van der Waals surface area contributed by atoms with Crippen molar-refractivity contribution in [1.82, 2.24) is 0 Å². The van der Waals surface area contributed by atoms with Crippen molar-refractivity contribution < 1.29 is 19.0 Å². The zero-order valence-electron chi connectivity index (χ0n) is 12.6. The molecular formula is C15H23NO4. The van der Waals surface area contributed by atoms with Gasteiger partial charge in [-0.3, -0.25) is 0 Å². The minimum atomic E-state index is -1.26. The molecule has 2 N–H and O–H groups in total. The van der Waals surface area contributed by atoms with Gasteiger partial charge in [0, 0.05) is 11.6 Å². The molecule has 1 unspecified atom stereocenters. The molecule has 0 heterocycles. The Labute approximate surface area is 120 Å².